The molecule has 21 heavy (non-hydrogen) atoms. The Morgan fingerprint density at radius 2 is 2.29 bits per heavy atom. The molecule has 2 saturated heterocycles. The van der Waals surface area contributed by atoms with Gasteiger partial charge in [0.25, 0.3) is 0 Å². The van der Waals surface area contributed by atoms with Crippen molar-refractivity contribution < 1.29 is 13.2 Å². The summed E-state index contributed by atoms with van der Waals surface area (Å²) in [6.45, 7) is 3.23. The van der Waals surface area contributed by atoms with Crippen LogP contribution in [0.5, 0.6) is 5.75 Å². The fourth-order valence-corrected chi connectivity index (χ4v) is 4.02. The third kappa shape index (κ3) is 3.03. The van der Waals surface area contributed by atoms with Crippen molar-refractivity contribution in [2.24, 2.45) is 5.92 Å². The van der Waals surface area contributed by atoms with E-state index in [-0.39, 0.29) is 23.8 Å². The average Bonchev–Trinajstić information content (AvgIpc) is 3.07. The summed E-state index contributed by atoms with van der Waals surface area (Å²) in [7, 11) is -3.12. The monoisotopic (exact) mass is 312 g/mol. The van der Waals surface area contributed by atoms with Crippen molar-refractivity contribution in [1.82, 2.24) is 20.1 Å². The Hall–Kier alpha value is -1.22. The Morgan fingerprint density at radius 3 is 3.00 bits per heavy atom. The van der Waals surface area contributed by atoms with Crippen molar-refractivity contribution in [2.75, 3.05) is 25.4 Å². The van der Waals surface area contributed by atoms with Crippen LogP contribution in [0.3, 0.4) is 0 Å². The minimum atomic E-state index is -3.12. The molecule has 0 spiro atoms. The van der Waals surface area contributed by atoms with Gasteiger partial charge in [-0.25, -0.2) is 8.42 Å². The lowest BCUT2D eigenvalue weighted by molar-refractivity contribution is 0.242. The Labute approximate surface area is 124 Å². The molecule has 2 aliphatic heterocycles. The van der Waals surface area contributed by atoms with Crippen LogP contribution >= 0.6 is 0 Å². The van der Waals surface area contributed by atoms with E-state index in [2.05, 4.69) is 15.8 Å². The van der Waals surface area contributed by atoms with Gasteiger partial charge in [-0.05, 0) is 19.1 Å². The van der Waals surface area contributed by atoms with Crippen LogP contribution in [0.25, 0.3) is 0 Å². The van der Waals surface area contributed by atoms with Gasteiger partial charge in [0.1, 0.15) is 12.4 Å². The molecule has 0 aliphatic carbocycles. The van der Waals surface area contributed by atoms with Gasteiger partial charge in [0.05, 0.1) is 18.0 Å². The number of pyridine rings is 1. The quantitative estimate of drug-likeness (QED) is 0.769. The molecule has 0 radical (unpaired) electrons. The number of ether oxygens (including phenoxy) is 1. The highest BCUT2D eigenvalue weighted by molar-refractivity contribution is 7.89. The van der Waals surface area contributed by atoms with Gasteiger partial charge in [0.15, 0.2) is 0 Å². The van der Waals surface area contributed by atoms with Gasteiger partial charge in [-0.1, -0.05) is 0 Å². The molecule has 0 saturated carbocycles. The molecule has 2 fully saturated rings. The zero-order valence-electron chi connectivity index (χ0n) is 11.9. The first-order valence-electron chi connectivity index (χ1n) is 7.12. The van der Waals surface area contributed by atoms with Crippen LogP contribution in [0.15, 0.2) is 24.5 Å². The Kier molecular flexibility index (Phi) is 4.12. The molecule has 2 aliphatic rings. The maximum atomic E-state index is 12.0. The summed E-state index contributed by atoms with van der Waals surface area (Å²) in [4.78, 5) is 4.00. The smallest absolute Gasteiger partial charge is 0.213 e. The van der Waals surface area contributed by atoms with Gasteiger partial charge in [0.2, 0.25) is 10.0 Å². The van der Waals surface area contributed by atoms with E-state index in [0.29, 0.717) is 19.7 Å². The minimum Gasteiger partial charge on any atom is -0.490 e. The molecule has 0 bridgehead atoms. The topological polar surface area (TPSA) is 83.6 Å². The molecule has 3 atom stereocenters. The number of aromatic nitrogens is 1. The first kappa shape index (κ1) is 14.7. The first-order chi connectivity index (χ1) is 10.1. The largest absolute Gasteiger partial charge is 0.490 e. The number of hydrazine groups is 1. The molecular weight excluding hydrogens is 292 g/mol. The van der Waals surface area contributed by atoms with Gasteiger partial charge in [-0.15, -0.1) is 0 Å². The van der Waals surface area contributed by atoms with E-state index in [1.807, 2.05) is 12.1 Å². The molecule has 0 aromatic carbocycles. The highest BCUT2D eigenvalue weighted by atomic mass is 32.2. The highest BCUT2D eigenvalue weighted by Crippen LogP contribution is 2.26. The molecule has 3 unspecified atom stereocenters. The van der Waals surface area contributed by atoms with E-state index in [4.69, 9.17) is 4.74 Å². The Balaban J connectivity index is 1.60. The third-order valence-corrected chi connectivity index (χ3v) is 5.94. The van der Waals surface area contributed by atoms with Gasteiger partial charge < -0.3 is 4.74 Å². The zero-order chi connectivity index (χ0) is 14.9. The number of hydrogen-bond acceptors (Lipinski definition) is 6. The number of hydrogen-bond donors (Lipinski definition) is 2. The van der Waals surface area contributed by atoms with E-state index < -0.39 is 10.0 Å². The second-order valence-electron chi connectivity index (χ2n) is 5.38. The van der Waals surface area contributed by atoms with Crippen molar-refractivity contribution in [3.63, 3.8) is 0 Å². The maximum Gasteiger partial charge on any atom is 0.213 e. The van der Waals surface area contributed by atoms with Crippen LogP contribution in [0, 0.1) is 5.92 Å². The molecule has 3 heterocycles. The lowest BCUT2D eigenvalue weighted by Crippen LogP contribution is -2.43. The summed E-state index contributed by atoms with van der Waals surface area (Å²) < 4.78 is 31.2. The predicted octanol–water partition coefficient (Wildman–Crippen LogP) is -0.413. The molecule has 116 valence electrons. The van der Waals surface area contributed by atoms with Crippen LogP contribution < -0.4 is 15.6 Å². The van der Waals surface area contributed by atoms with Gasteiger partial charge in [0, 0.05) is 31.2 Å². The molecular formula is C13H20N4O3S. The molecule has 1 aromatic rings. The second-order valence-corrected chi connectivity index (χ2v) is 7.64. The SMILES string of the molecule is CCS(=O)(=O)N1CC2NNC(COc3cccnc3)C2C1. The van der Waals surface area contributed by atoms with Crippen molar-refractivity contribution in [2.45, 2.75) is 19.0 Å². The summed E-state index contributed by atoms with van der Waals surface area (Å²) in [5, 5.41) is 0. The van der Waals surface area contributed by atoms with Crippen LogP contribution in [-0.2, 0) is 10.0 Å². The summed E-state index contributed by atoms with van der Waals surface area (Å²) in [5.74, 6) is 1.10. The number of fused-ring (bicyclic) bond motifs is 1. The lowest BCUT2D eigenvalue weighted by Gasteiger charge is -2.20. The van der Waals surface area contributed by atoms with E-state index in [1.54, 1.807) is 23.6 Å². The van der Waals surface area contributed by atoms with Gasteiger partial charge >= 0.3 is 0 Å². The third-order valence-electron chi connectivity index (χ3n) is 4.12. The van der Waals surface area contributed by atoms with Crippen LogP contribution in [-0.4, -0.2) is 55.2 Å². The van der Waals surface area contributed by atoms with E-state index >= 15 is 0 Å². The van der Waals surface area contributed by atoms with E-state index in [1.165, 1.54) is 0 Å². The molecule has 0 amide bonds. The first-order valence-corrected chi connectivity index (χ1v) is 8.73. The standard InChI is InChI=1S/C13H20N4O3S/c1-2-21(18,19)17-7-11-12(8-17)15-16-13(11)9-20-10-4-3-5-14-6-10/h3-6,11-13,15-16H,2,7-9H2,1H3. The Morgan fingerprint density at radius 1 is 1.43 bits per heavy atom. The summed E-state index contributed by atoms with van der Waals surface area (Å²) in [6, 6.07) is 3.92. The zero-order valence-corrected chi connectivity index (χ0v) is 12.7. The molecule has 1 aromatic heterocycles. The second kappa shape index (κ2) is 5.88. The molecule has 2 N–H and O–H groups in total. The fourth-order valence-electron chi connectivity index (χ4n) is 2.87. The van der Waals surface area contributed by atoms with Crippen molar-refractivity contribution in [1.29, 1.82) is 0 Å². The molecule has 8 heteroatoms. The molecule has 7 nitrogen and oxygen atoms in total. The predicted molar refractivity (Wildman–Crippen MR) is 78.1 cm³/mol. The number of rotatable bonds is 5. The Bertz CT molecular complexity index is 580. The molecule has 3 rings (SSSR count). The van der Waals surface area contributed by atoms with Crippen molar-refractivity contribution >= 4 is 10.0 Å². The normalized spacial score (nSPS) is 29.5. The summed E-state index contributed by atoms with van der Waals surface area (Å²) in [6.07, 6.45) is 3.37. The number of sulfonamides is 1. The maximum absolute atomic E-state index is 12.0. The highest BCUT2D eigenvalue weighted by Gasteiger charge is 2.45. The van der Waals surface area contributed by atoms with E-state index in [0.717, 1.165) is 5.75 Å². The van der Waals surface area contributed by atoms with Crippen molar-refractivity contribution in [3.05, 3.63) is 24.5 Å². The summed E-state index contributed by atoms with van der Waals surface area (Å²) >= 11 is 0. The van der Waals surface area contributed by atoms with Gasteiger partial charge in [-0.2, -0.15) is 4.31 Å². The van der Waals surface area contributed by atoms with Crippen LogP contribution in [0.2, 0.25) is 0 Å². The summed E-state index contributed by atoms with van der Waals surface area (Å²) in [5.41, 5.74) is 6.38. The lowest BCUT2D eigenvalue weighted by atomic mass is 9.98. The van der Waals surface area contributed by atoms with Crippen molar-refractivity contribution in [3.8, 4) is 5.75 Å². The fraction of sp³-hybridized carbons (Fsp3) is 0.615. The van der Waals surface area contributed by atoms with Crippen LogP contribution in [0.4, 0.5) is 0 Å². The number of nitrogens with one attached hydrogen (secondary N) is 2. The van der Waals surface area contributed by atoms with E-state index in [9.17, 15) is 8.42 Å². The van der Waals surface area contributed by atoms with Gasteiger partial charge in [-0.3, -0.25) is 15.8 Å². The minimum absolute atomic E-state index is 0.0901. The average molecular weight is 312 g/mol. The number of nitrogens with zero attached hydrogens (tertiary/aromatic N) is 2. The van der Waals surface area contributed by atoms with Crippen LogP contribution in [0.1, 0.15) is 6.92 Å².